The van der Waals surface area contributed by atoms with Crippen molar-refractivity contribution in [1.82, 2.24) is 0 Å². The van der Waals surface area contributed by atoms with Crippen molar-refractivity contribution < 1.29 is 15.0 Å². The number of aliphatic hydroxyl groups is 1. The van der Waals surface area contributed by atoms with Gasteiger partial charge in [-0.15, -0.1) is 0 Å². The molecule has 2 atom stereocenters. The summed E-state index contributed by atoms with van der Waals surface area (Å²) in [4.78, 5) is 9.83. The van der Waals surface area contributed by atoms with Gasteiger partial charge in [0.25, 0.3) is 0 Å². The van der Waals surface area contributed by atoms with E-state index in [2.05, 4.69) is 15.9 Å². The van der Waals surface area contributed by atoms with E-state index in [1.165, 1.54) is 0 Å². The molecule has 0 aromatic rings. The van der Waals surface area contributed by atoms with Gasteiger partial charge in [0.1, 0.15) is 11.1 Å². The molecule has 0 saturated heterocycles. The molecule has 0 saturated carbocycles. The topological polar surface area (TPSA) is 83.6 Å². The van der Waals surface area contributed by atoms with Gasteiger partial charge in [0.05, 0.1) is 0 Å². The number of carboxylic acids is 1. The fraction of sp³-hybridized carbons (Fsp3) is 0.667. The zero-order valence-corrected chi connectivity index (χ0v) is 5.50. The van der Waals surface area contributed by atoms with Crippen LogP contribution in [0, 0.1) is 0 Å². The van der Waals surface area contributed by atoms with E-state index >= 15 is 0 Å². The summed E-state index contributed by atoms with van der Waals surface area (Å²) < 4.78 is 0. The molecule has 0 fully saturated rings. The van der Waals surface area contributed by atoms with E-state index in [0.29, 0.717) is 0 Å². The number of aliphatic hydroxyl groups excluding tert-OH is 1. The molecule has 48 valence electrons. The maximum absolute atomic E-state index is 9.83. The summed E-state index contributed by atoms with van der Waals surface area (Å²) in [5, 5.41) is 15.3. The molecule has 0 bridgehead atoms. The van der Waals surface area contributed by atoms with Gasteiger partial charge in [-0.25, -0.2) is 0 Å². The number of halogens is 1. The van der Waals surface area contributed by atoms with Crippen LogP contribution in [0.5, 0.6) is 0 Å². The summed E-state index contributed by atoms with van der Waals surface area (Å²) in [5.41, 5.74) is 4.86. The number of carboxylic acid groups (broad SMARTS) is 1. The SMILES string of the molecule is N[C@H](C(=O)O)C(O)Br. The summed E-state index contributed by atoms with van der Waals surface area (Å²) >= 11 is 2.59. The molecule has 0 rings (SSSR count). The second-order valence-electron chi connectivity index (χ2n) is 1.24. The lowest BCUT2D eigenvalue weighted by Crippen LogP contribution is -2.38. The van der Waals surface area contributed by atoms with Crippen LogP contribution in [0.15, 0.2) is 0 Å². The third kappa shape index (κ3) is 2.25. The van der Waals surface area contributed by atoms with Crippen LogP contribution >= 0.6 is 15.9 Å². The minimum Gasteiger partial charge on any atom is -0.480 e. The molecule has 8 heavy (non-hydrogen) atoms. The van der Waals surface area contributed by atoms with Crippen molar-refractivity contribution >= 4 is 21.9 Å². The number of rotatable bonds is 2. The lowest BCUT2D eigenvalue weighted by molar-refractivity contribution is -0.139. The van der Waals surface area contributed by atoms with E-state index < -0.39 is 17.0 Å². The molecule has 4 nitrogen and oxygen atoms in total. The Kier molecular flexibility index (Phi) is 2.96. The Morgan fingerprint density at radius 1 is 1.75 bits per heavy atom. The van der Waals surface area contributed by atoms with E-state index in [1.54, 1.807) is 0 Å². The van der Waals surface area contributed by atoms with Crippen LogP contribution in [0.1, 0.15) is 0 Å². The van der Waals surface area contributed by atoms with Gasteiger partial charge in [-0.2, -0.15) is 0 Å². The smallest absolute Gasteiger partial charge is 0.324 e. The van der Waals surface area contributed by atoms with Crippen LogP contribution < -0.4 is 5.73 Å². The van der Waals surface area contributed by atoms with Gasteiger partial charge in [-0.05, 0) is 0 Å². The van der Waals surface area contributed by atoms with Gasteiger partial charge in [-0.3, -0.25) is 4.79 Å². The minimum absolute atomic E-state index is 1.17. The molecule has 1 unspecified atom stereocenters. The average molecular weight is 184 g/mol. The number of carbonyl (C=O) groups is 1. The Morgan fingerprint density at radius 3 is 2.12 bits per heavy atom. The number of alkyl halides is 1. The molecular formula is C3H6BrNO3. The highest BCUT2D eigenvalue weighted by molar-refractivity contribution is 9.09. The van der Waals surface area contributed by atoms with Crippen molar-refractivity contribution in [2.45, 2.75) is 11.1 Å². The first kappa shape index (κ1) is 7.87. The first-order valence-electron chi connectivity index (χ1n) is 1.86. The summed E-state index contributed by atoms with van der Waals surface area (Å²) in [5.74, 6) is -1.23. The lowest BCUT2D eigenvalue weighted by atomic mass is 10.3. The maximum atomic E-state index is 9.83. The Morgan fingerprint density at radius 2 is 2.12 bits per heavy atom. The molecule has 0 aliphatic heterocycles. The molecule has 0 spiro atoms. The van der Waals surface area contributed by atoms with Crippen LogP contribution in [0.25, 0.3) is 0 Å². The van der Waals surface area contributed by atoms with Gasteiger partial charge in [-0.1, -0.05) is 15.9 Å². The number of aliphatic carboxylic acids is 1. The molecule has 0 amide bonds. The molecule has 0 aliphatic rings. The van der Waals surface area contributed by atoms with Crippen LogP contribution in [0.4, 0.5) is 0 Å². The average Bonchev–Trinajstić information content (AvgIpc) is 1.64. The van der Waals surface area contributed by atoms with Crippen molar-refractivity contribution in [3.05, 3.63) is 0 Å². The molecule has 0 aromatic heterocycles. The van der Waals surface area contributed by atoms with Gasteiger partial charge >= 0.3 is 5.97 Å². The van der Waals surface area contributed by atoms with Crippen LogP contribution in [-0.4, -0.2) is 27.2 Å². The normalized spacial score (nSPS) is 17.4. The van der Waals surface area contributed by atoms with Crippen molar-refractivity contribution in [2.75, 3.05) is 0 Å². The Balaban J connectivity index is 3.64. The van der Waals surface area contributed by atoms with Crippen LogP contribution in [0.3, 0.4) is 0 Å². The quantitative estimate of drug-likeness (QED) is 0.486. The first-order valence-corrected chi connectivity index (χ1v) is 2.78. The van der Waals surface area contributed by atoms with Crippen LogP contribution in [-0.2, 0) is 4.79 Å². The molecule has 5 heteroatoms. The minimum atomic E-state index is -1.24. The second-order valence-corrected chi connectivity index (χ2v) is 2.17. The summed E-state index contributed by atoms with van der Waals surface area (Å²) in [7, 11) is 0. The van der Waals surface area contributed by atoms with E-state index in [9.17, 15) is 4.79 Å². The van der Waals surface area contributed by atoms with Crippen molar-refractivity contribution in [1.29, 1.82) is 0 Å². The number of hydrogen-bond acceptors (Lipinski definition) is 3. The van der Waals surface area contributed by atoms with Crippen LogP contribution in [0.2, 0.25) is 0 Å². The van der Waals surface area contributed by atoms with Crippen molar-refractivity contribution in [2.24, 2.45) is 5.73 Å². The zero-order valence-electron chi connectivity index (χ0n) is 3.91. The largest absolute Gasteiger partial charge is 0.480 e. The molecule has 4 N–H and O–H groups in total. The molecular weight excluding hydrogens is 178 g/mol. The Hall–Kier alpha value is -0.130. The molecule has 0 aliphatic carbocycles. The highest BCUT2D eigenvalue weighted by Gasteiger charge is 2.17. The molecule has 0 heterocycles. The predicted octanol–water partition coefficient (Wildman–Crippen LogP) is -0.888. The second kappa shape index (κ2) is 3.01. The lowest BCUT2D eigenvalue weighted by Gasteiger charge is -2.05. The van der Waals surface area contributed by atoms with E-state index in [1.807, 2.05) is 0 Å². The van der Waals surface area contributed by atoms with E-state index in [4.69, 9.17) is 15.9 Å². The van der Waals surface area contributed by atoms with Gasteiger partial charge in [0.2, 0.25) is 0 Å². The Labute approximate surface area is 54.4 Å². The van der Waals surface area contributed by atoms with Gasteiger partial charge < -0.3 is 15.9 Å². The monoisotopic (exact) mass is 183 g/mol. The summed E-state index contributed by atoms with van der Waals surface area (Å²) in [6.45, 7) is 0. The summed E-state index contributed by atoms with van der Waals surface area (Å²) in [6.07, 6.45) is 0. The predicted molar refractivity (Wildman–Crippen MR) is 30.5 cm³/mol. The third-order valence-electron chi connectivity index (χ3n) is 0.581. The van der Waals surface area contributed by atoms with Gasteiger partial charge in [0, 0.05) is 0 Å². The molecule has 0 aromatic carbocycles. The third-order valence-corrected chi connectivity index (χ3v) is 1.15. The van der Waals surface area contributed by atoms with E-state index in [-0.39, 0.29) is 0 Å². The van der Waals surface area contributed by atoms with E-state index in [0.717, 1.165) is 0 Å². The first-order chi connectivity index (χ1) is 3.55. The standard InChI is InChI=1S/C3H6BrNO3/c4-2(6)1(5)3(7)8/h1-2,6H,5H2,(H,7,8)/t1-,2?/m0/s1. The highest BCUT2D eigenvalue weighted by atomic mass is 79.9. The van der Waals surface area contributed by atoms with Crippen molar-refractivity contribution in [3.63, 3.8) is 0 Å². The molecule has 0 radical (unpaired) electrons. The Bertz CT molecular complexity index is 94.5. The van der Waals surface area contributed by atoms with Crippen molar-refractivity contribution in [3.8, 4) is 0 Å². The van der Waals surface area contributed by atoms with Gasteiger partial charge in [0.15, 0.2) is 0 Å². The maximum Gasteiger partial charge on any atom is 0.324 e. The number of hydrogen-bond donors (Lipinski definition) is 3. The fourth-order valence-electron chi connectivity index (χ4n) is 0.118. The highest BCUT2D eigenvalue weighted by Crippen LogP contribution is 1.97. The summed E-state index contributed by atoms with van der Waals surface area (Å²) in [6, 6.07) is -1.24. The number of nitrogens with two attached hydrogens (primary N) is 1. The fourth-order valence-corrected chi connectivity index (χ4v) is 0.344. The zero-order chi connectivity index (χ0) is 6.73.